The molecule has 0 bridgehead atoms. The van der Waals surface area contributed by atoms with E-state index in [1.165, 1.54) is 0 Å². The number of rotatable bonds is 7. The third-order valence-electron chi connectivity index (χ3n) is 3.51. The number of hydrogen-bond donors (Lipinski definition) is 1. The quantitative estimate of drug-likeness (QED) is 0.766. The summed E-state index contributed by atoms with van der Waals surface area (Å²) in [5, 5.41) is 3.76. The summed E-state index contributed by atoms with van der Waals surface area (Å²) in [7, 11) is 2.17. The first-order valence-corrected chi connectivity index (χ1v) is 7.81. The van der Waals surface area contributed by atoms with E-state index < -0.39 is 0 Å². The molecular formula is C14H24ClN5O. The van der Waals surface area contributed by atoms with Crippen LogP contribution in [0.1, 0.15) is 12.7 Å². The Labute approximate surface area is 131 Å². The van der Waals surface area contributed by atoms with Crippen LogP contribution in [0.4, 0.5) is 5.82 Å². The van der Waals surface area contributed by atoms with Crippen molar-refractivity contribution < 1.29 is 4.74 Å². The SMILES string of the molecule is CCOCc1nc(Cl)cc(NCCN2CCN(C)CC2)n1. The van der Waals surface area contributed by atoms with Gasteiger partial charge in [-0.25, -0.2) is 9.97 Å². The Morgan fingerprint density at radius 2 is 2.05 bits per heavy atom. The van der Waals surface area contributed by atoms with E-state index in [1.54, 1.807) is 6.07 Å². The smallest absolute Gasteiger partial charge is 0.158 e. The van der Waals surface area contributed by atoms with Gasteiger partial charge in [-0.1, -0.05) is 11.6 Å². The summed E-state index contributed by atoms with van der Waals surface area (Å²) in [6.07, 6.45) is 0. The monoisotopic (exact) mass is 313 g/mol. The molecule has 1 aliphatic heterocycles. The van der Waals surface area contributed by atoms with Crippen LogP contribution in [-0.4, -0.2) is 72.7 Å². The fraction of sp³-hybridized carbons (Fsp3) is 0.714. The van der Waals surface area contributed by atoms with Crippen molar-refractivity contribution in [2.45, 2.75) is 13.5 Å². The molecule has 1 saturated heterocycles. The van der Waals surface area contributed by atoms with Crippen molar-refractivity contribution in [1.82, 2.24) is 19.8 Å². The molecule has 0 spiro atoms. The number of likely N-dealkylation sites (N-methyl/N-ethyl adjacent to an activating group) is 1. The second kappa shape index (κ2) is 8.48. The molecule has 7 heteroatoms. The number of aromatic nitrogens is 2. The van der Waals surface area contributed by atoms with E-state index in [0.29, 0.717) is 24.2 Å². The Morgan fingerprint density at radius 1 is 1.29 bits per heavy atom. The summed E-state index contributed by atoms with van der Waals surface area (Å²) in [5.74, 6) is 1.38. The zero-order valence-electron chi connectivity index (χ0n) is 12.8. The maximum Gasteiger partial charge on any atom is 0.158 e. The van der Waals surface area contributed by atoms with Gasteiger partial charge in [0, 0.05) is 51.9 Å². The molecule has 0 saturated carbocycles. The minimum absolute atomic E-state index is 0.393. The first-order valence-electron chi connectivity index (χ1n) is 7.43. The minimum atomic E-state index is 0.393. The summed E-state index contributed by atoms with van der Waals surface area (Å²) in [4.78, 5) is 13.4. The van der Waals surface area contributed by atoms with Crippen molar-refractivity contribution in [2.24, 2.45) is 0 Å². The predicted molar refractivity (Wildman–Crippen MR) is 84.8 cm³/mol. The molecule has 6 nitrogen and oxygen atoms in total. The van der Waals surface area contributed by atoms with E-state index in [9.17, 15) is 0 Å². The van der Waals surface area contributed by atoms with Gasteiger partial charge in [0.2, 0.25) is 0 Å². The van der Waals surface area contributed by atoms with Gasteiger partial charge < -0.3 is 15.0 Å². The molecule has 0 atom stereocenters. The van der Waals surface area contributed by atoms with Gasteiger partial charge in [-0.05, 0) is 14.0 Å². The number of ether oxygens (including phenoxy) is 1. The molecule has 2 heterocycles. The van der Waals surface area contributed by atoms with Crippen LogP contribution >= 0.6 is 11.6 Å². The van der Waals surface area contributed by atoms with Gasteiger partial charge in [0.15, 0.2) is 5.82 Å². The lowest BCUT2D eigenvalue weighted by molar-refractivity contribution is 0.128. The Hall–Kier alpha value is -0.950. The van der Waals surface area contributed by atoms with Crippen LogP contribution in [0.2, 0.25) is 5.15 Å². The highest BCUT2D eigenvalue weighted by Gasteiger charge is 2.13. The fourth-order valence-electron chi connectivity index (χ4n) is 2.23. The van der Waals surface area contributed by atoms with Crippen LogP contribution in [0.15, 0.2) is 6.07 Å². The summed E-state index contributed by atoms with van der Waals surface area (Å²) < 4.78 is 5.31. The van der Waals surface area contributed by atoms with Gasteiger partial charge in [-0.3, -0.25) is 4.90 Å². The minimum Gasteiger partial charge on any atom is -0.374 e. The molecule has 1 aromatic heterocycles. The van der Waals surface area contributed by atoms with Crippen LogP contribution < -0.4 is 5.32 Å². The van der Waals surface area contributed by atoms with E-state index in [-0.39, 0.29) is 0 Å². The molecule has 1 aliphatic rings. The van der Waals surface area contributed by atoms with Crippen LogP contribution in [0.5, 0.6) is 0 Å². The first-order chi connectivity index (χ1) is 10.2. The van der Waals surface area contributed by atoms with Crippen LogP contribution in [0.25, 0.3) is 0 Å². The normalized spacial score (nSPS) is 17.1. The maximum atomic E-state index is 6.01. The predicted octanol–water partition coefficient (Wildman–Crippen LogP) is 1.33. The molecule has 2 rings (SSSR count). The summed E-state index contributed by atoms with van der Waals surface area (Å²) >= 11 is 6.01. The maximum absolute atomic E-state index is 6.01. The zero-order valence-corrected chi connectivity index (χ0v) is 13.6. The van der Waals surface area contributed by atoms with Gasteiger partial charge in [0.25, 0.3) is 0 Å². The first kappa shape index (κ1) is 16.4. The lowest BCUT2D eigenvalue weighted by Gasteiger charge is -2.32. The summed E-state index contributed by atoms with van der Waals surface area (Å²) in [5.41, 5.74) is 0. The van der Waals surface area contributed by atoms with Gasteiger partial charge in [0.1, 0.15) is 17.6 Å². The van der Waals surface area contributed by atoms with Gasteiger partial charge in [-0.15, -0.1) is 0 Å². The standard InChI is InChI=1S/C14H24ClN5O/c1-3-21-11-14-17-12(15)10-13(18-14)16-4-5-20-8-6-19(2)7-9-20/h10H,3-9,11H2,1-2H3,(H,16,17,18). The molecule has 21 heavy (non-hydrogen) atoms. The number of nitrogens with one attached hydrogen (secondary N) is 1. The van der Waals surface area contributed by atoms with Crippen molar-refractivity contribution in [3.63, 3.8) is 0 Å². The molecule has 0 amide bonds. The molecule has 118 valence electrons. The molecule has 1 N–H and O–H groups in total. The number of hydrogen-bond acceptors (Lipinski definition) is 6. The Kier molecular flexibility index (Phi) is 6.63. The van der Waals surface area contributed by atoms with E-state index in [2.05, 4.69) is 32.1 Å². The second-order valence-electron chi connectivity index (χ2n) is 5.20. The Morgan fingerprint density at radius 3 is 2.76 bits per heavy atom. The Balaban J connectivity index is 1.78. The largest absolute Gasteiger partial charge is 0.374 e. The average Bonchev–Trinajstić information content (AvgIpc) is 2.47. The number of anilines is 1. The molecule has 0 radical (unpaired) electrons. The van der Waals surface area contributed by atoms with Crippen molar-refractivity contribution in [1.29, 1.82) is 0 Å². The van der Waals surface area contributed by atoms with E-state index in [1.807, 2.05) is 6.92 Å². The average molecular weight is 314 g/mol. The van der Waals surface area contributed by atoms with Crippen molar-refractivity contribution >= 4 is 17.4 Å². The van der Waals surface area contributed by atoms with Crippen molar-refractivity contribution in [2.75, 3.05) is 58.2 Å². The third kappa shape index (κ3) is 5.74. The van der Waals surface area contributed by atoms with Crippen LogP contribution in [0, 0.1) is 0 Å². The lowest BCUT2D eigenvalue weighted by Crippen LogP contribution is -2.45. The molecular weight excluding hydrogens is 290 g/mol. The lowest BCUT2D eigenvalue weighted by atomic mass is 10.3. The number of nitrogens with zero attached hydrogens (tertiary/aromatic N) is 4. The molecule has 1 fully saturated rings. The Bertz CT molecular complexity index is 437. The number of halogens is 1. The zero-order chi connectivity index (χ0) is 15.1. The molecule has 0 aliphatic carbocycles. The van der Waals surface area contributed by atoms with Crippen LogP contribution in [0.3, 0.4) is 0 Å². The van der Waals surface area contributed by atoms with Gasteiger partial charge >= 0.3 is 0 Å². The second-order valence-corrected chi connectivity index (χ2v) is 5.59. The highest BCUT2D eigenvalue weighted by molar-refractivity contribution is 6.29. The highest BCUT2D eigenvalue weighted by Crippen LogP contribution is 2.12. The van der Waals surface area contributed by atoms with Gasteiger partial charge in [-0.2, -0.15) is 0 Å². The van der Waals surface area contributed by atoms with E-state index >= 15 is 0 Å². The molecule has 1 aromatic rings. The van der Waals surface area contributed by atoms with Crippen molar-refractivity contribution in [3.8, 4) is 0 Å². The van der Waals surface area contributed by atoms with Gasteiger partial charge in [0.05, 0.1) is 0 Å². The summed E-state index contributed by atoms with van der Waals surface area (Å²) in [6.45, 7) is 9.36. The van der Waals surface area contributed by atoms with E-state index in [4.69, 9.17) is 16.3 Å². The topological polar surface area (TPSA) is 53.5 Å². The van der Waals surface area contributed by atoms with Crippen LogP contribution in [-0.2, 0) is 11.3 Å². The fourth-order valence-corrected chi connectivity index (χ4v) is 2.43. The third-order valence-corrected chi connectivity index (χ3v) is 3.70. The summed E-state index contributed by atoms with van der Waals surface area (Å²) in [6, 6.07) is 1.75. The van der Waals surface area contributed by atoms with E-state index in [0.717, 1.165) is 45.1 Å². The molecule has 0 aromatic carbocycles. The number of piperazine rings is 1. The van der Waals surface area contributed by atoms with Crippen molar-refractivity contribution in [3.05, 3.63) is 17.0 Å². The highest BCUT2D eigenvalue weighted by atomic mass is 35.5. The molecule has 0 unspecified atom stereocenters.